The Balaban J connectivity index is 0.00000432. The molecule has 0 saturated heterocycles. The average molecular weight is 505 g/mol. The maximum absolute atomic E-state index is 13.0. The first-order valence-corrected chi connectivity index (χ1v) is 11.0. The fourth-order valence-corrected chi connectivity index (χ4v) is 3.58. The highest BCUT2D eigenvalue weighted by atomic mass is 35.5. The number of nitrogen functional groups attached to an aromatic ring is 1. The van der Waals surface area contributed by atoms with Crippen LogP contribution in [0.25, 0.3) is 22.6 Å². The molecule has 1 aliphatic carbocycles. The lowest BCUT2D eigenvalue weighted by Gasteiger charge is -2.18. The van der Waals surface area contributed by atoms with Gasteiger partial charge >= 0.3 is 0 Å². The van der Waals surface area contributed by atoms with Crippen LogP contribution in [0.5, 0.6) is 0 Å². The Morgan fingerprint density at radius 1 is 1.00 bits per heavy atom. The van der Waals surface area contributed by atoms with E-state index in [0.717, 1.165) is 5.56 Å². The Kier molecular flexibility index (Phi) is 9.19. The molecule has 3 rings (SSSR count). The lowest BCUT2D eigenvalue weighted by Crippen LogP contribution is -2.34. The number of nitrogens with one attached hydrogen (secondary N) is 2. The number of fused-ring (bicyclic) bond motifs is 2. The number of hydrogen-bond donors (Lipinski definition) is 3. The van der Waals surface area contributed by atoms with Crippen molar-refractivity contribution in [1.29, 1.82) is 0 Å². The molecule has 0 aromatic heterocycles. The van der Waals surface area contributed by atoms with Crippen LogP contribution >= 0.6 is 12.4 Å². The molecule has 35 heavy (non-hydrogen) atoms. The molecular weight excluding hydrogens is 472 g/mol. The maximum Gasteiger partial charge on any atom is 0.255 e. The second kappa shape index (κ2) is 11.5. The summed E-state index contributed by atoms with van der Waals surface area (Å²) in [5, 5.41) is 5.66. The standard InChI is InChI=1S/C24H32N6O4.ClH/c1-13-7-8-15(23(32)26-9-11-29(3)4)18-21(13)34-22-14(2)20(31)17(25)16(19(22)28-18)24(33)27-10-12-30(5)6;/h7-8H,9-12,25H2,1-6H3,(H,26,32)(H,27,33);1H. The molecule has 1 aromatic carbocycles. The molecule has 2 aliphatic rings. The predicted octanol–water partition coefficient (Wildman–Crippen LogP) is 1.50. The van der Waals surface area contributed by atoms with E-state index >= 15 is 0 Å². The minimum absolute atomic E-state index is 0. The van der Waals surface area contributed by atoms with Gasteiger partial charge < -0.3 is 30.6 Å². The molecule has 0 saturated carbocycles. The monoisotopic (exact) mass is 504 g/mol. The van der Waals surface area contributed by atoms with E-state index in [4.69, 9.17) is 10.2 Å². The minimum atomic E-state index is -0.520. The van der Waals surface area contributed by atoms with Gasteiger partial charge in [-0.3, -0.25) is 14.4 Å². The first kappa shape index (κ1) is 28.0. The summed E-state index contributed by atoms with van der Waals surface area (Å²) in [6, 6.07) is 3.44. The fourth-order valence-electron chi connectivity index (χ4n) is 3.58. The Bertz CT molecular complexity index is 1270. The van der Waals surface area contributed by atoms with E-state index in [0.29, 0.717) is 42.8 Å². The van der Waals surface area contributed by atoms with Crippen LogP contribution in [0, 0.1) is 13.8 Å². The molecule has 0 bridgehead atoms. The van der Waals surface area contributed by atoms with E-state index in [2.05, 4.69) is 15.6 Å². The lowest BCUT2D eigenvalue weighted by atomic mass is 9.99. The number of benzene rings is 2. The van der Waals surface area contributed by atoms with Gasteiger partial charge in [0.15, 0.2) is 11.3 Å². The Labute approximate surface area is 210 Å². The molecule has 1 aromatic rings. The molecule has 11 heteroatoms. The second-order valence-corrected chi connectivity index (χ2v) is 8.86. The quantitative estimate of drug-likeness (QED) is 0.310. The third-order valence-corrected chi connectivity index (χ3v) is 5.56. The van der Waals surface area contributed by atoms with Crippen LogP contribution in [0.1, 0.15) is 31.8 Å². The first-order valence-electron chi connectivity index (χ1n) is 11.0. The van der Waals surface area contributed by atoms with E-state index < -0.39 is 11.3 Å². The van der Waals surface area contributed by atoms with Crippen molar-refractivity contribution in [3.05, 3.63) is 44.6 Å². The number of likely N-dealkylation sites (N-methyl/N-ethyl adjacent to an activating group) is 2. The van der Waals surface area contributed by atoms with Gasteiger partial charge in [-0.15, -0.1) is 12.4 Å². The summed E-state index contributed by atoms with van der Waals surface area (Å²) in [5.41, 5.74) is 7.51. The van der Waals surface area contributed by atoms with Gasteiger partial charge in [0.05, 0.1) is 16.8 Å². The molecule has 2 amide bonds. The molecule has 0 radical (unpaired) electrons. The van der Waals surface area contributed by atoms with E-state index in [1.807, 2.05) is 44.9 Å². The summed E-state index contributed by atoms with van der Waals surface area (Å²) in [4.78, 5) is 47.3. The summed E-state index contributed by atoms with van der Waals surface area (Å²) in [6.07, 6.45) is 0. The number of amides is 2. The first-order chi connectivity index (χ1) is 16.0. The molecule has 0 atom stereocenters. The van der Waals surface area contributed by atoms with Crippen molar-refractivity contribution in [3.63, 3.8) is 0 Å². The number of nitrogens with two attached hydrogens (primary N) is 1. The van der Waals surface area contributed by atoms with Crippen LogP contribution < -0.4 is 21.8 Å². The van der Waals surface area contributed by atoms with Gasteiger partial charge in [0.25, 0.3) is 11.8 Å². The zero-order valence-corrected chi connectivity index (χ0v) is 21.8. The average Bonchev–Trinajstić information content (AvgIpc) is 2.76. The summed E-state index contributed by atoms with van der Waals surface area (Å²) in [5.74, 6) is -0.651. The third-order valence-electron chi connectivity index (χ3n) is 5.56. The van der Waals surface area contributed by atoms with E-state index in [1.165, 1.54) is 0 Å². The van der Waals surface area contributed by atoms with E-state index in [1.54, 1.807) is 19.1 Å². The van der Waals surface area contributed by atoms with E-state index in [9.17, 15) is 14.4 Å². The summed E-state index contributed by atoms with van der Waals surface area (Å²) < 4.78 is 6.12. The van der Waals surface area contributed by atoms with Crippen LogP contribution in [-0.4, -0.2) is 81.0 Å². The van der Waals surface area contributed by atoms with Crippen molar-refractivity contribution in [3.8, 4) is 11.5 Å². The van der Waals surface area contributed by atoms with Crippen molar-refractivity contribution in [2.24, 2.45) is 0 Å². The molecule has 4 N–H and O–H groups in total. The molecule has 0 unspecified atom stereocenters. The number of nitrogens with zero attached hydrogens (tertiary/aromatic N) is 3. The predicted molar refractivity (Wildman–Crippen MR) is 140 cm³/mol. The Morgan fingerprint density at radius 3 is 2.14 bits per heavy atom. The molecule has 0 fully saturated rings. The van der Waals surface area contributed by atoms with E-state index in [-0.39, 0.29) is 46.6 Å². The highest BCUT2D eigenvalue weighted by Gasteiger charge is 2.28. The van der Waals surface area contributed by atoms with Crippen molar-refractivity contribution in [1.82, 2.24) is 25.4 Å². The van der Waals surface area contributed by atoms with Gasteiger partial charge in [-0.2, -0.15) is 0 Å². The summed E-state index contributed by atoms with van der Waals surface area (Å²) in [7, 11) is 7.61. The Morgan fingerprint density at radius 2 is 1.57 bits per heavy atom. The minimum Gasteiger partial charge on any atom is -0.452 e. The lowest BCUT2D eigenvalue weighted by molar-refractivity contribution is 0.0944. The van der Waals surface area contributed by atoms with Crippen LogP contribution in [0.15, 0.2) is 21.3 Å². The number of carbonyl (C=O) groups is 2. The van der Waals surface area contributed by atoms with Gasteiger partial charge in [0.1, 0.15) is 11.2 Å². The van der Waals surface area contributed by atoms with Gasteiger partial charge in [-0.1, -0.05) is 6.07 Å². The van der Waals surface area contributed by atoms with Gasteiger partial charge in [0, 0.05) is 31.7 Å². The zero-order valence-electron chi connectivity index (χ0n) is 20.9. The molecular formula is C24H33ClN6O4. The van der Waals surface area contributed by atoms with Gasteiger partial charge in [-0.25, -0.2) is 4.98 Å². The van der Waals surface area contributed by atoms with Crippen molar-refractivity contribution < 1.29 is 14.0 Å². The second-order valence-electron chi connectivity index (χ2n) is 8.86. The van der Waals surface area contributed by atoms with Crippen LogP contribution in [0.2, 0.25) is 0 Å². The molecule has 1 heterocycles. The highest BCUT2D eigenvalue weighted by molar-refractivity contribution is 6.08. The molecule has 190 valence electrons. The fraction of sp³-hybridized carbons (Fsp3) is 0.417. The van der Waals surface area contributed by atoms with Gasteiger partial charge in [-0.05, 0) is 53.7 Å². The zero-order chi connectivity index (χ0) is 25.2. The van der Waals surface area contributed by atoms with Crippen molar-refractivity contribution >= 4 is 41.0 Å². The highest BCUT2D eigenvalue weighted by Crippen LogP contribution is 2.34. The summed E-state index contributed by atoms with van der Waals surface area (Å²) in [6.45, 7) is 5.51. The normalized spacial score (nSPS) is 11.2. The number of aryl methyl sites for hydroxylation is 1. The summed E-state index contributed by atoms with van der Waals surface area (Å²) >= 11 is 0. The number of anilines is 1. The number of hydrogen-bond acceptors (Lipinski definition) is 8. The molecule has 10 nitrogen and oxygen atoms in total. The molecule has 1 aliphatic heterocycles. The number of aromatic nitrogens is 1. The third kappa shape index (κ3) is 5.90. The van der Waals surface area contributed by atoms with Crippen LogP contribution in [0.4, 0.5) is 5.69 Å². The van der Waals surface area contributed by atoms with Crippen molar-refractivity contribution in [2.75, 3.05) is 60.1 Å². The van der Waals surface area contributed by atoms with Crippen LogP contribution in [-0.2, 0) is 0 Å². The largest absolute Gasteiger partial charge is 0.452 e. The number of carbonyl (C=O) groups excluding carboxylic acids is 2. The SMILES string of the molecule is Cc1c2oc3c(C)ccc(C(=O)NCCN(C)C)c3nc-2c(C(=O)NCCN(C)C)c(N)c1=O.Cl. The molecule has 0 spiro atoms. The number of halogens is 1. The van der Waals surface area contributed by atoms with Gasteiger partial charge in [0.2, 0.25) is 5.43 Å². The topological polar surface area (TPSA) is 134 Å². The Hall–Kier alpha value is -3.21. The van der Waals surface area contributed by atoms with Crippen LogP contribution in [0.3, 0.4) is 0 Å². The maximum atomic E-state index is 13.0. The smallest absolute Gasteiger partial charge is 0.255 e. The van der Waals surface area contributed by atoms with Crippen molar-refractivity contribution in [2.45, 2.75) is 13.8 Å². The number of rotatable bonds is 8.